The lowest BCUT2D eigenvalue weighted by atomic mass is 10.2. The molecule has 0 aliphatic carbocycles. The van der Waals surface area contributed by atoms with E-state index in [1.807, 2.05) is 32.0 Å². The zero-order chi connectivity index (χ0) is 18.5. The number of piperazine rings is 1. The van der Waals surface area contributed by atoms with Crippen molar-refractivity contribution in [3.05, 3.63) is 35.7 Å². The third-order valence-corrected chi connectivity index (χ3v) is 4.67. The Morgan fingerprint density at radius 1 is 1.15 bits per heavy atom. The molecule has 0 unspecified atom stereocenters. The summed E-state index contributed by atoms with van der Waals surface area (Å²) < 4.78 is 0. The number of hydrogen-bond donors (Lipinski definition) is 1. The predicted octanol–water partition coefficient (Wildman–Crippen LogP) is 1.41. The van der Waals surface area contributed by atoms with Crippen molar-refractivity contribution in [1.29, 1.82) is 0 Å². The van der Waals surface area contributed by atoms with E-state index in [1.165, 1.54) is 0 Å². The molecule has 7 heteroatoms. The lowest BCUT2D eigenvalue weighted by Gasteiger charge is -2.35. The fraction of sp³-hybridized carbons (Fsp3) is 0.474. The number of nitrogens with one attached hydrogen (secondary N) is 1. The van der Waals surface area contributed by atoms with E-state index in [4.69, 9.17) is 4.98 Å². The molecule has 2 aromatic rings. The number of likely N-dealkylation sites (N-methyl/N-ethyl adjacent to an activating group) is 1. The maximum Gasteiger partial charge on any atom is 0.234 e. The number of nitrogens with zero attached hydrogens (tertiary/aromatic N) is 5. The average molecular weight is 354 g/mol. The summed E-state index contributed by atoms with van der Waals surface area (Å²) in [6.45, 7) is 10.5. The van der Waals surface area contributed by atoms with Crippen molar-refractivity contribution in [3.8, 4) is 11.5 Å². The van der Waals surface area contributed by atoms with Crippen LogP contribution in [0.15, 0.2) is 24.4 Å². The summed E-state index contributed by atoms with van der Waals surface area (Å²) in [5, 5.41) is 2.86. The molecule has 1 saturated heterocycles. The van der Waals surface area contributed by atoms with Gasteiger partial charge in [0.05, 0.1) is 6.54 Å². The van der Waals surface area contributed by atoms with Gasteiger partial charge >= 0.3 is 0 Å². The molecule has 0 spiro atoms. The monoisotopic (exact) mass is 354 g/mol. The third kappa shape index (κ3) is 4.16. The van der Waals surface area contributed by atoms with E-state index in [1.54, 1.807) is 6.20 Å². The van der Waals surface area contributed by atoms with Gasteiger partial charge in [-0.25, -0.2) is 9.97 Å². The molecule has 1 amide bonds. The van der Waals surface area contributed by atoms with E-state index in [0.29, 0.717) is 18.9 Å². The summed E-state index contributed by atoms with van der Waals surface area (Å²) in [6, 6.07) is 5.76. The molecular weight excluding hydrogens is 328 g/mol. The van der Waals surface area contributed by atoms with Gasteiger partial charge in [0.1, 0.15) is 11.5 Å². The summed E-state index contributed by atoms with van der Waals surface area (Å²) in [5.41, 5.74) is 2.86. The second kappa shape index (κ2) is 8.23. The number of amides is 1. The molecule has 3 heterocycles. The van der Waals surface area contributed by atoms with Crippen molar-refractivity contribution < 1.29 is 4.79 Å². The first-order valence-corrected chi connectivity index (χ1v) is 9.09. The van der Waals surface area contributed by atoms with Crippen LogP contribution in [-0.4, -0.2) is 65.0 Å². The van der Waals surface area contributed by atoms with Crippen molar-refractivity contribution in [3.63, 3.8) is 0 Å². The largest absolute Gasteiger partial charge is 0.355 e. The maximum atomic E-state index is 11.8. The van der Waals surface area contributed by atoms with Crippen molar-refractivity contribution >= 4 is 11.7 Å². The van der Waals surface area contributed by atoms with Crippen LogP contribution < -0.4 is 10.2 Å². The lowest BCUT2D eigenvalue weighted by molar-refractivity contribution is -0.122. The van der Waals surface area contributed by atoms with Gasteiger partial charge < -0.3 is 10.2 Å². The van der Waals surface area contributed by atoms with Gasteiger partial charge in [0.2, 0.25) is 5.91 Å². The van der Waals surface area contributed by atoms with E-state index < -0.39 is 0 Å². The Morgan fingerprint density at radius 3 is 2.58 bits per heavy atom. The van der Waals surface area contributed by atoms with Gasteiger partial charge in [-0.05, 0) is 32.9 Å². The molecule has 138 valence electrons. The highest BCUT2D eigenvalue weighted by Crippen LogP contribution is 2.24. The van der Waals surface area contributed by atoms with Crippen LogP contribution in [-0.2, 0) is 4.79 Å². The van der Waals surface area contributed by atoms with E-state index in [-0.39, 0.29) is 5.91 Å². The molecular formula is C19H26N6O. The summed E-state index contributed by atoms with van der Waals surface area (Å²) in [5.74, 6) is 1.72. The molecule has 1 fully saturated rings. The van der Waals surface area contributed by atoms with Crippen LogP contribution >= 0.6 is 0 Å². The Labute approximate surface area is 154 Å². The average Bonchev–Trinajstić information content (AvgIpc) is 2.65. The maximum absolute atomic E-state index is 11.8. The Kier molecular flexibility index (Phi) is 5.78. The fourth-order valence-corrected chi connectivity index (χ4v) is 3.11. The normalized spacial score (nSPS) is 15.1. The Bertz CT molecular complexity index is 756. The summed E-state index contributed by atoms with van der Waals surface area (Å²) in [7, 11) is 0. The number of rotatable bonds is 5. The van der Waals surface area contributed by atoms with Crippen molar-refractivity contribution in [2.24, 2.45) is 0 Å². The quantitative estimate of drug-likeness (QED) is 0.875. The molecule has 0 atom stereocenters. The number of hydrogen-bond acceptors (Lipinski definition) is 6. The molecule has 0 aromatic carbocycles. The highest BCUT2D eigenvalue weighted by molar-refractivity contribution is 5.78. The molecule has 1 aliphatic heterocycles. The number of aromatic nitrogens is 3. The van der Waals surface area contributed by atoms with E-state index in [9.17, 15) is 4.79 Å². The van der Waals surface area contributed by atoms with Gasteiger partial charge in [0.25, 0.3) is 0 Å². The first-order chi connectivity index (χ1) is 12.6. The summed E-state index contributed by atoms with van der Waals surface area (Å²) >= 11 is 0. The lowest BCUT2D eigenvalue weighted by Crippen LogP contribution is -2.50. The van der Waals surface area contributed by atoms with Gasteiger partial charge in [-0.2, -0.15) is 0 Å². The minimum atomic E-state index is 0.0902. The number of carbonyl (C=O) groups excluding carboxylic acids is 1. The van der Waals surface area contributed by atoms with E-state index in [2.05, 4.69) is 32.0 Å². The molecule has 2 aromatic heterocycles. The third-order valence-electron chi connectivity index (χ3n) is 4.67. The van der Waals surface area contributed by atoms with Crippen molar-refractivity contribution in [1.82, 2.24) is 25.2 Å². The van der Waals surface area contributed by atoms with Crippen molar-refractivity contribution in [2.45, 2.75) is 20.8 Å². The van der Waals surface area contributed by atoms with E-state index >= 15 is 0 Å². The predicted molar refractivity (Wildman–Crippen MR) is 102 cm³/mol. The SMILES string of the molecule is CCNC(=O)CN1CCN(c2nc(-c3ccccn3)nc(C)c2C)CC1. The highest BCUT2D eigenvalue weighted by atomic mass is 16.2. The second-order valence-corrected chi connectivity index (χ2v) is 6.51. The summed E-state index contributed by atoms with van der Waals surface area (Å²) in [6.07, 6.45) is 1.76. The number of carbonyl (C=O) groups is 1. The molecule has 3 rings (SSSR count). The molecule has 1 aliphatic rings. The van der Waals surface area contributed by atoms with E-state index in [0.717, 1.165) is 48.9 Å². The minimum absolute atomic E-state index is 0.0902. The van der Waals surface area contributed by atoms with Crippen LogP contribution in [0.3, 0.4) is 0 Å². The van der Waals surface area contributed by atoms with Crippen LogP contribution in [0.5, 0.6) is 0 Å². The van der Waals surface area contributed by atoms with Crippen LogP contribution in [0.1, 0.15) is 18.2 Å². The Balaban J connectivity index is 1.74. The van der Waals surface area contributed by atoms with Crippen LogP contribution in [0.2, 0.25) is 0 Å². The fourth-order valence-electron chi connectivity index (χ4n) is 3.11. The molecule has 1 N–H and O–H groups in total. The first-order valence-electron chi connectivity index (χ1n) is 9.09. The van der Waals surface area contributed by atoms with Crippen molar-refractivity contribution in [2.75, 3.05) is 44.2 Å². The Morgan fingerprint density at radius 2 is 1.92 bits per heavy atom. The molecule has 0 saturated carbocycles. The smallest absolute Gasteiger partial charge is 0.234 e. The summed E-state index contributed by atoms with van der Waals surface area (Å²) in [4.78, 5) is 30.0. The molecule has 7 nitrogen and oxygen atoms in total. The van der Waals surface area contributed by atoms with Gasteiger partial charge in [0.15, 0.2) is 5.82 Å². The number of anilines is 1. The number of pyridine rings is 1. The van der Waals surface area contributed by atoms with Crippen LogP contribution in [0, 0.1) is 13.8 Å². The minimum Gasteiger partial charge on any atom is -0.355 e. The zero-order valence-corrected chi connectivity index (χ0v) is 15.7. The topological polar surface area (TPSA) is 74.2 Å². The molecule has 0 radical (unpaired) electrons. The van der Waals surface area contributed by atoms with Gasteiger partial charge in [0, 0.05) is 50.2 Å². The van der Waals surface area contributed by atoms with Gasteiger partial charge in [-0.3, -0.25) is 14.7 Å². The van der Waals surface area contributed by atoms with Gasteiger partial charge in [-0.15, -0.1) is 0 Å². The zero-order valence-electron chi connectivity index (χ0n) is 15.7. The number of aryl methyl sites for hydroxylation is 1. The standard InChI is InChI=1S/C19H26N6O/c1-4-20-17(26)13-24-9-11-25(12-10-24)19-14(2)15(3)22-18(23-19)16-7-5-6-8-21-16/h5-8H,4,9-13H2,1-3H3,(H,20,26). The first kappa shape index (κ1) is 18.3. The van der Waals surface area contributed by atoms with Gasteiger partial charge in [-0.1, -0.05) is 6.07 Å². The second-order valence-electron chi connectivity index (χ2n) is 6.51. The highest BCUT2D eigenvalue weighted by Gasteiger charge is 2.22. The molecule has 0 bridgehead atoms. The molecule has 26 heavy (non-hydrogen) atoms. The van der Waals surface area contributed by atoms with Crippen LogP contribution in [0.4, 0.5) is 5.82 Å². The van der Waals surface area contributed by atoms with Crippen LogP contribution in [0.25, 0.3) is 11.5 Å². The Hall–Kier alpha value is -2.54.